The average molecular weight is 398 g/mol. The third-order valence-corrected chi connectivity index (χ3v) is 6.11. The number of hydrogen-bond acceptors (Lipinski definition) is 7. The van der Waals surface area contributed by atoms with Gasteiger partial charge in [0, 0.05) is 45.5 Å². The van der Waals surface area contributed by atoms with Crippen molar-refractivity contribution in [2.75, 3.05) is 54.0 Å². The minimum absolute atomic E-state index is 0.566. The molecule has 0 N–H and O–H groups in total. The molecule has 0 spiro atoms. The summed E-state index contributed by atoms with van der Waals surface area (Å²) in [6.45, 7) is 9.01. The molecule has 0 unspecified atom stereocenters. The van der Waals surface area contributed by atoms with Crippen molar-refractivity contribution >= 4 is 29.2 Å². The molecular weight excluding hydrogens is 374 g/mol. The Morgan fingerprint density at radius 2 is 1.64 bits per heavy atom. The molecule has 2 aliphatic heterocycles. The van der Waals surface area contributed by atoms with Gasteiger partial charge >= 0.3 is 0 Å². The highest BCUT2D eigenvalue weighted by molar-refractivity contribution is 6.32. The molecule has 146 valence electrons. The topological polar surface area (TPSA) is 72.2 Å². The van der Waals surface area contributed by atoms with Crippen LogP contribution in [0, 0.1) is 25.2 Å². The number of anilines is 3. The van der Waals surface area contributed by atoms with E-state index in [2.05, 4.69) is 30.7 Å². The molecule has 0 aromatic carbocycles. The van der Waals surface area contributed by atoms with Crippen molar-refractivity contribution in [2.45, 2.75) is 26.7 Å². The van der Waals surface area contributed by atoms with Crippen LogP contribution in [0.2, 0.25) is 5.02 Å². The Hall–Kier alpha value is -2.59. The number of aryl methyl sites for hydroxylation is 1. The van der Waals surface area contributed by atoms with Gasteiger partial charge < -0.3 is 14.7 Å². The molecule has 2 saturated heterocycles. The Morgan fingerprint density at radius 3 is 2.32 bits per heavy atom. The number of nitriles is 1. The highest BCUT2D eigenvalue weighted by atomic mass is 35.5. The summed E-state index contributed by atoms with van der Waals surface area (Å²) in [5, 5.41) is 10.2. The zero-order valence-corrected chi connectivity index (χ0v) is 17.1. The van der Waals surface area contributed by atoms with Gasteiger partial charge in [-0.2, -0.15) is 10.2 Å². The fourth-order valence-electron chi connectivity index (χ4n) is 3.91. The molecule has 2 aromatic heterocycles. The van der Waals surface area contributed by atoms with E-state index in [1.807, 2.05) is 26.1 Å². The van der Waals surface area contributed by atoms with Crippen LogP contribution in [0.15, 0.2) is 12.3 Å². The highest BCUT2D eigenvalue weighted by Gasteiger charge is 2.25. The van der Waals surface area contributed by atoms with E-state index in [4.69, 9.17) is 16.6 Å². The summed E-state index contributed by atoms with van der Waals surface area (Å²) in [6.07, 6.45) is 4.31. The largest absolute Gasteiger partial charge is 0.356 e. The minimum Gasteiger partial charge on any atom is -0.356 e. The van der Waals surface area contributed by atoms with Gasteiger partial charge in [0.15, 0.2) is 0 Å². The molecular formula is C20H24ClN7. The Morgan fingerprint density at radius 1 is 0.964 bits per heavy atom. The summed E-state index contributed by atoms with van der Waals surface area (Å²) in [7, 11) is 0. The first-order chi connectivity index (χ1) is 13.6. The molecule has 4 heterocycles. The number of aromatic nitrogens is 3. The van der Waals surface area contributed by atoms with Crippen molar-refractivity contribution in [2.24, 2.45) is 0 Å². The first-order valence-corrected chi connectivity index (χ1v) is 10.1. The third-order valence-electron chi connectivity index (χ3n) is 5.55. The first-order valence-electron chi connectivity index (χ1n) is 9.73. The van der Waals surface area contributed by atoms with Crippen LogP contribution in [0.1, 0.15) is 29.7 Å². The standard InChI is InChI=1S/C20H24ClN7/c1-14-16(13-22)19(24-15(2)18(14)21)27-9-11-28(12-10-27)20-23-6-5-17(25-20)26-7-3-4-8-26/h5-6H,3-4,7-12H2,1-2H3. The van der Waals surface area contributed by atoms with Crippen LogP contribution in [0.25, 0.3) is 0 Å². The van der Waals surface area contributed by atoms with Gasteiger partial charge in [-0.25, -0.2) is 9.97 Å². The van der Waals surface area contributed by atoms with Crippen molar-refractivity contribution < 1.29 is 0 Å². The fourth-order valence-corrected chi connectivity index (χ4v) is 4.04. The van der Waals surface area contributed by atoms with Gasteiger partial charge in [-0.1, -0.05) is 11.6 Å². The van der Waals surface area contributed by atoms with Gasteiger partial charge in [0.05, 0.1) is 16.3 Å². The average Bonchev–Trinajstić information content (AvgIpc) is 3.27. The lowest BCUT2D eigenvalue weighted by Crippen LogP contribution is -2.47. The lowest BCUT2D eigenvalue weighted by molar-refractivity contribution is 0.633. The Balaban J connectivity index is 1.50. The van der Waals surface area contributed by atoms with Crippen LogP contribution < -0.4 is 14.7 Å². The van der Waals surface area contributed by atoms with E-state index < -0.39 is 0 Å². The lowest BCUT2D eigenvalue weighted by atomic mass is 10.1. The van der Waals surface area contributed by atoms with Crippen molar-refractivity contribution in [1.29, 1.82) is 5.26 Å². The maximum Gasteiger partial charge on any atom is 0.227 e. The van der Waals surface area contributed by atoms with Crippen LogP contribution in [0.3, 0.4) is 0 Å². The fraction of sp³-hybridized carbons (Fsp3) is 0.500. The molecule has 0 bridgehead atoms. The van der Waals surface area contributed by atoms with Crippen LogP contribution in [-0.2, 0) is 0 Å². The van der Waals surface area contributed by atoms with E-state index in [1.165, 1.54) is 12.8 Å². The Bertz CT molecular complexity index is 910. The molecule has 0 amide bonds. The van der Waals surface area contributed by atoms with Gasteiger partial charge in [-0.05, 0) is 38.3 Å². The maximum absolute atomic E-state index is 9.60. The second-order valence-electron chi connectivity index (χ2n) is 7.33. The highest BCUT2D eigenvalue weighted by Crippen LogP contribution is 2.30. The molecule has 8 heteroatoms. The van der Waals surface area contributed by atoms with Crippen molar-refractivity contribution in [3.8, 4) is 6.07 Å². The van der Waals surface area contributed by atoms with E-state index in [-0.39, 0.29) is 0 Å². The lowest BCUT2D eigenvalue weighted by Gasteiger charge is -2.36. The van der Waals surface area contributed by atoms with E-state index in [9.17, 15) is 5.26 Å². The second-order valence-corrected chi connectivity index (χ2v) is 7.71. The van der Waals surface area contributed by atoms with Gasteiger partial charge in [0.25, 0.3) is 0 Å². The number of piperazine rings is 1. The normalized spacial score (nSPS) is 17.1. The molecule has 7 nitrogen and oxygen atoms in total. The van der Waals surface area contributed by atoms with Crippen molar-refractivity contribution in [3.05, 3.63) is 34.1 Å². The Kier molecular flexibility index (Phi) is 5.23. The van der Waals surface area contributed by atoms with Crippen LogP contribution in [-0.4, -0.2) is 54.2 Å². The summed E-state index contributed by atoms with van der Waals surface area (Å²) in [5.74, 6) is 2.52. The van der Waals surface area contributed by atoms with Crippen molar-refractivity contribution in [1.82, 2.24) is 15.0 Å². The maximum atomic E-state index is 9.60. The van der Waals surface area contributed by atoms with E-state index in [1.54, 1.807) is 0 Å². The number of rotatable bonds is 3. The second kappa shape index (κ2) is 7.80. The minimum atomic E-state index is 0.566. The van der Waals surface area contributed by atoms with Crippen LogP contribution >= 0.6 is 11.6 Å². The van der Waals surface area contributed by atoms with E-state index in [0.29, 0.717) is 10.6 Å². The molecule has 28 heavy (non-hydrogen) atoms. The SMILES string of the molecule is Cc1nc(N2CCN(c3nccc(N4CCCC4)n3)CC2)c(C#N)c(C)c1Cl. The monoisotopic (exact) mass is 397 g/mol. The first kappa shape index (κ1) is 18.8. The predicted octanol–water partition coefficient (Wildman–Crippen LogP) is 2.94. The molecule has 2 fully saturated rings. The zero-order chi connectivity index (χ0) is 19.7. The molecule has 0 radical (unpaired) electrons. The molecule has 4 rings (SSSR count). The quantitative estimate of drug-likeness (QED) is 0.788. The van der Waals surface area contributed by atoms with Gasteiger partial charge in [-0.3, -0.25) is 0 Å². The summed E-state index contributed by atoms with van der Waals surface area (Å²) < 4.78 is 0. The molecule has 0 atom stereocenters. The van der Waals surface area contributed by atoms with Crippen LogP contribution in [0.4, 0.5) is 17.6 Å². The summed E-state index contributed by atoms with van der Waals surface area (Å²) >= 11 is 6.28. The van der Waals surface area contributed by atoms with Gasteiger partial charge in [0.2, 0.25) is 5.95 Å². The van der Waals surface area contributed by atoms with Crippen molar-refractivity contribution in [3.63, 3.8) is 0 Å². The van der Waals surface area contributed by atoms with Gasteiger partial charge in [0.1, 0.15) is 17.7 Å². The summed E-state index contributed by atoms with van der Waals surface area (Å²) in [4.78, 5) is 20.6. The summed E-state index contributed by atoms with van der Waals surface area (Å²) in [6, 6.07) is 4.27. The Labute approximate surface area is 170 Å². The molecule has 2 aliphatic rings. The molecule has 2 aromatic rings. The van der Waals surface area contributed by atoms with Gasteiger partial charge in [-0.15, -0.1) is 0 Å². The van der Waals surface area contributed by atoms with Crippen LogP contribution in [0.5, 0.6) is 0 Å². The summed E-state index contributed by atoms with van der Waals surface area (Å²) in [5.41, 5.74) is 2.13. The predicted molar refractivity (Wildman–Crippen MR) is 111 cm³/mol. The smallest absolute Gasteiger partial charge is 0.227 e. The number of pyridine rings is 1. The third kappa shape index (κ3) is 3.45. The number of nitrogens with zero attached hydrogens (tertiary/aromatic N) is 7. The van der Waals surface area contributed by atoms with E-state index in [0.717, 1.165) is 68.1 Å². The number of hydrogen-bond donors (Lipinski definition) is 0. The number of halogens is 1. The molecule has 0 saturated carbocycles. The van der Waals surface area contributed by atoms with E-state index >= 15 is 0 Å². The zero-order valence-electron chi connectivity index (χ0n) is 16.3. The molecule has 0 aliphatic carbocycles.